The molecule has 0 aromatic rings. The Morgan fingerprint density at radius 3 is 2.47 bits per heavy atom. The summed E-state index contributed by atoms with van der Waals surface area (Å²) in [6.45, 7) is 0. The van der Waals surface area contributed by atoms with Crippen LogP contribution in [0.4, 0.5) is 4.79 Å². The van der Waals surface area contributed by atoms with Crippen LogP contribution in [0.3, 0.4) is 0 Å². The van der Waals surface area contributed by atoms with Crippen molar-refractivity contribution in [3.8, 4) is 0 Å². The molecule has 0 radical (unpaired) electrons. The lowest BCUT2D eigenvalue weighted by molar-refractivity contribution is 0.241. The third-order valence-corrected chi connectivity index (χ3v) is 5.57. The minimum atomic E-state index is -2.94. The Morgan fingerprint density at radius 2 is 1.84 bits per heavy atom. The van der Waals surface area contributed by atoms with E-state index >= 15 is 0 Å². The van der Waals surface area contributed by atoms with E-state index in [0.717, 1.165) is 0 Å². The van der Waals surface area contributed by atoms with Gasteiger partial charge in [0.15, 0.2) is 9.84 Å². The number of rotatable bonds is 3. The van der Waals surface area contributed by atoms with Gasteiger partial charge >= 0.3 is 6.03 Å². The summed E-state index contributed by atoms with van der Waals surface area (Å²) in [7, 11) is -2.94. The summed E-state index contributed by atoms with van der Waals surface area (Å²) in [6.07, 6.45) is 10.5. The number of carbonyl (C=O) groups excluding carboxylic acids is 1. The first-order valence-corrected chi connectivity index (χ1v) is 8.81. The second-order valence-electron chi connectivity index (χ2n) is 5.47. The average molecular weight is 286 g/mol. The van der Waals surface area contributed by atoms with Crippen molar-refractivity contribution in [2.24, 2.45) is 5.92 Å². The van der Waals surface area contributed by atoms with Crippen molar-refractivity contribution in [2.75, 3.05) is 11.5 Å². The maximum Gasteiger partial charge on any atom is 0.318 e. The minimum Gasteiger partial charge on any atom is -0.334 e. The molecule has 2 fully saturated rings. The molecule has 5 nitrogen and oxygen atoms in total. The van der Waals surface area contributed by atoms with E-state index in [1.54, 1.807) is 6.20 Å². The van der Waals surface area contributed by atoms with Gasteiger partial charge in [-0.1, -0.05) is 25.3 Å². The molecular weight excluding hydrogens is 264 g/mol. The van der Waals surface area contributed by atoms with E-state index in [1.165, 1.54) is 32.1 Å². The quantitative estimate of drug-likeness (QED) is 0.827. The molecule has 0 aromatic heterocycles. The number of hydrogen-bond donors (Lipinski definition) is 2. The van der Waals surface area contributed by atoms with Crippen molar-refractivity contribution >= 4 is 15.9 Å². The normalized spacial score (nSPS) is 27.5. The molecule has 1 heterocycles. The highest BCUT2D eigenvalue weighted by molar-refractivity contribution is 7.91. The summed E-state index contributed by atoms with van der Waals surface area (Å²) in [5.74, 6) is 0.809. The highest BCUT2D eigenvalue weighted by atomic mass is 32.2. The molecule has 2 N–H and O–H groups in total. The van der Waals surface area contributed by atoms with Crippen LogP contribution in [0.25, 0.3) is 0 Å². The van der Waals surface area contributed by atoms with Crippen LogP contribution in [0.15, 0.2) is 12.3 Å². The Hall–Kier alpha value is -1.04. The Kier molecular flexibility index (Phi) is 4.85. The van der Waals surface area contributed by atoms with Crippen LogP contribution in [0.2, 0.25) is 0 Å². The highest BCUT2D eigenvalue weighted by Crippen LogP contribution is 2.24. The molecule has 1 unspecified atom stereocenters. The number of hydrogen-bond acceptors (Lipinski definition) is 3. The zero-order valence-corrected chi connectivity index (χ0v) is 11.9. The monoisotopic (exact) mass is 286 g/mol. The van der Waals surface area contributed by atoms with Crippen LogP contribution in [-0.4, -0.2) is 32.0 Å². The van der Waals surface area contributed by atoms with Gasteiger partial charge in [0.25, 0.3) is 0 Å². The maximum atomic E-state index is 11.6. The molecule has 1 atom stereocenters. The van der Waals surface area contributed by atoms with Crippen molar-refractivity contribution in [1.82, 2.24) is 10.6 Å². The van der Waals surface area contributed by atoms with Crippen molar-refractivity contribution < 1.29 is 13.2 Å². The van der Waals surface area contributed by atoms with Crippen molar-refractivity contribution in [3.63, 3.8) is 0 Å². The SMILES string of the molecule is O=C(N/C=C/C1CCCCC1)NC1CCS(=O)(=O)C1. The molecule has 19 heavy (non-hydrogen) atoms. The lowest BCUT2D eigenvalue weighted by Gasteiger charge is -2.17. The van der Waals surface area contributed by atoms with E-state index in [4.69, 9.17) is 0 Å². The Labute approximate surface area is 114 Å². The molecule has 0 bridgehead atoms. The fourth-order valence-electron chi connectivity index (χ4n) is 2.72. The van der Waals surface area contributed by atoms with Gasteiger partial charge in [-0.3, -0.25) is 0 Å². The van der Waals surface area contributed by atoms with Gasteiger partial charge in [0, 0.05) is 12.2 Å². The third kappa shape index (κ3) is 4.86. The lowest BCUT2D eigenvalue weighted by atomic mass is 9.89. The largest absolute Gasteiger partial charge is 0.334 e. The molecule has 2 rings (SSSR count). The van der Waals surface area contributed by atoms with E-state index in [1.807, 2.05) is 6.08 Å². The van der Waals surface area contributed by atoms with Crippen LogP contribution in [0.5, 0.6) is 0 Å². The van der Waals surface area contributed by atoms with E-state index in [0.29, 0.717) is 12.3 Å². The zero-order chi connectivity index (χ0) is 13.7. The van der Waals surface area contributed by atoms with Crippen LogP contribution in [0, 0.1) is 5.92 Å². The smallest absolute Gasteiger partial charge is 0.318 e. The number of sulfone groups is 1. The van der Waals surface area contributed by atoms with E-state index < -0.39 is 9.84 Å². The third-order valence-electron chi connectivity index (χ3n) is 3.80. The Balaban J connectivity index is 1.68. The molecule has 6 heteroatoms. The molecular formula is C13H22N2O3S. The first-order valence-electron chi connectivity index (χ1n) is 6.99. The number of carbonyl (C=O) groups is 1. The van der Waals surface area contributed by atoms with Crippen molar-refractivity contribution in [3.05, 3.63) is 12.3 Å². The van der Waals surface area contributed by atoms with Gasteiger partial charge in [0.05, 0.1) is 11.5 Å². The van der Waals surface area contributed by atoms with E-state index in [9.17, 15) is 13.2 Å². The first-order chi connectivity index (χ1) is 9.05. The second-order valence-corrected chi connectivity index (χ2v) is 7.70. The summed E-state index contributed by atoms with van der Waals surface area (Å²) < 4.78 is 22.5. The molecule has 0 aromatic carbocycles. The summed E-state index contributed by atoms with van der Waals surface area (Å²) in [5, 5.41) is 5.35. The minimum absolute atomic E-state index is 0.0623. The van der Waals surface area contributed by atoms with Gasteiger partial charge in [-0.25, -0.2) is 13.2 Å². The molecule has 108 valence electrons. The average Bonchev–Trinajstić information content (AvgIpc) is 2.70. The lowest BCUT2D eigenvalue weighted by Crippen LogP contribution is -2.40. The van der Waals surface area contributed by atoms with E-state index in [-0.39, 0.29) is 23.6 Å². The number of amides is 2. The molecule has 1 saturated carbocycles. The topological polar surface area (TPSA) is 75.3 Å². The fourth-order valence-corrected chi connectivity index (χ4v) is 4.40. The Bertz CT molecular complexity index is 439. The number of nitrogens with one attached hydrogen (secondary N) is 2. The van der Waals surface area contributed by atoms with Gasteiger partial charge in [0.2, 0.25) is 0 Å². The van der Waals surface area contributed by atoms with Gasteiger partial charge < -0.3 is 10.6 Å². The van der Waals surface area contributed by atoms with Crippen LogP contribution in [-0.2, 0) is 9.84 Å². The van der Waals surface area contributed by atoms with Gasteiger partial charge in [-0.05, 0) is 25.2 Å². The van der Waals surface area contributed by atoms with Crippen molar-refractivity contribution in [2.45, 2.75) is 44.6 Å². The van der Waals surface area contributed by atoms with Crippen LogP contribution >= 0.6 is 0 Å². The van der Waals surface area contributed by atoms with Crippen molar-refractivity contribution in [1.29, 1.82) is 0 Å². The predicted molar refractivity (Wildman–Crippen MR) is 74.4 cm³/mol. The molecule has 1 saturated heterocycles. The van der Waals surface area contributed by atoms with Gasteiger partial charge in [0.1, 0.15) is 0 Å². The summed E-state index contributed by atoms with van der Waals surface area (Å²) in [4.78, 5) is 11.6. The number of urea groups is 1. The standard InChI is InChI=1S/C13H22N2O3S/c16-13(15-12-7-9-19(17,18)10-12)14-8-6-11-4-2-1-3-5-11/h6,8,11-12H,1-5,7,9-10H2,(H2,14,15,16)/b8-6+. The van der Waals surface area contributed by atoms with Gasteiger partial charge in [-0.15, -0.1) is 0 Å². The van der Waals surface area contributed by atoms with Crippen LogP contribution < -0.4 is 10.6 Å². The fraction of sp³-hybridized carbons (Fsp3) is 0.769. The summed E-state index contributed by atoms with van der Waals surface area (Å²) >= 11 is 0. The predicted octanol–water partition coefficient (Wildman–Crippen LogP) is 1.57. The molecule has 2 amide bonds. The Morgan fingerprint density at radius 1 is 1.11 bits per heavy atom. The van der Waals surface area contributed by atoms with E-state index in [2.05, 4.69) is 10.6 Å². The van der Waals surface area contributed by atoms with Gasteiger partial charge in [-0.2, -0.15) is 0 Å². The summed E-state index contributed by atoms with van der Waals surface area (Å²) in [6, 6.07) is -0.553. The molecule has 1 aliphatic carbocycles. The molecule has 0 spiro atoms. The molecule has 2 aliphatic rings. The number of allylic oxidation sites excluding steroid dienone is 1. The zero-order valence-electron chi connectivity index (χ0n) is 11.1. The maximum absolute atomic E-state index is 11.6. The highest BCUT2D eigenvalue weighted by Gasteiger charge is 2.28. The second kappa shape index (κ2) is 6.41. The van der Waals surface area contributed by atoms with Crippen LogP contribution in [0.1, 0.15) is 38.5 Å². The first kappa shape index (κ1) is 14.4. The summed E-state index contributed by atoms with van der Waals surface area (Å²) in [5.41, 5.74) is 0. The molecule has 1 aliphatic heterocycles.